The molecular weight excluding hydrogens is 610 g/mol. The summed E-state index contributed by atoms with van der Waals surface area (Å²) in [5.41, 5.74) is 2.58. The molecular formula is C35H49N9O4. The van der Waals surface area contributed by atoms with Crippen molar-refractivity contribution in [2.75, 3.05) is 69.5 Å². The molecule has 2 aliphatic heterocycles. The van der Waals surface area contributed by atoms with Crippen molar-refractivity contribution < 1.29 is 19.1 Å². The predicted octanol–water partition coefficient (Wildman–Crippen LogP) is 3.20. The molecule has 1 unspecified atom stereocenters. The first-order valence-electron chi connectivity index (χ1n) is 16.6. The van der Waals surface area contributed by atoms with Crippen LogP contribution in [0.15, 0.2) is 42.7 Å². The Balaban J connectivity index is 1.35. The Kier molecular flexibility index (Phi) is 10.7. The van der Waals surface area contributed by atoms with E-state index in [2.05, 4.69) is 60.2 Å². The van der Waals surface area contributed by atoms with E-state index < -0.39 is 23.5 Å². The van der Waals surface area contributed by atoms with Crippen molar-refractivity contribution in [1.82, 2.24) is 30.4 Å². The van der Waals surface area contributed by atoms with Crippen molar-refractivity contribution in [2.24, 2.45) is 5.41 Å². The summed E-state index contributed by atoms with van der Waals surface area (Å²) in [6.45, 7) is 11.9. The largest absolute Gasteiger partial charge is 0.494 e. The van der Waals surface area contributed by atoms with Gasteiger partial charge in [-0.15, -0.1) is 0 Å². The number of nitrogens with zero attached hydrogens (tertiary/aromatic N) is 5. The summed E-state index contributed by atoms with van der Waals surface area (Å²) >= 11 is 0. The quantitative estimate of drug-likeness (QED) is 0.256. The fraction of sp³-hybridized carbons (Fsp3) is 0.514. The number of rotatable bonds is 10. The highest BCUT2D eigenvalue weighted by atomic mass is 16.5. The number of carbonyl (C=O) groups excluding carboxylic acids is 3. The molecule has 258 valence electrons. The van der Waals surface area contributed by atoms with Crippen LogP contribution in [-0.4, -0.2) is 110 Å². The van der Waals surface area contributed by atoms with E-state index in [9.17, 15) is 14.4 Å². The molecule has 3 atom stereocenters. The summed E-state index contributed by atoms with van der Waals surface area (Å²) in [7, 11) is 5.37. The van der Waals surface area contributed by atoms with E-state index in [1.54, 1.807) is 31.0 Å². The van der Waals surface area contributed by atoms with E-state index in [0.717, 1.165) is 31.9 Å². The van der Waals surface area contributed by atoms with Gasteiger partial charge in [-0.2, -0.15) is 0 Å². The van der Waals surface area contributed by atoms with E-state index in [1.807, 2.05) is 32.9 Å². The molecule has 2 saturated heterocycles. The van der Waals surface area contributed by atoms with Crippen LogP contribution in [-0.2, 0) is 14.4 Å². The van der Waals surface area contributed by atoms with E-state index in [0.29, 0.717) is 47.5 Å². The first-order chi connectivity index (χ1) is 22.9. The van der Waals surface area contributed by atoms with E-state index >= 15 is 0 Å². The second kappa shape index (κ2) is 14.7. The average Bonchev–Trinajstić information content (AvgIpc) is 3.57. The minimum atomic E-state index is -0.800. The van der Waals surface area contributed by atoms with Crippen LogP contribution in [0.4, 0.5) is 22.9 Å². The van der Waals surface area contributed by atoms with Crippen LogP contribution in [0.25, 0.3) is 10.9 Å². The molecule has 3 aromatic rings. The number of aromatic nitrogens is 2. The lowest BCUT2D eigenvalue weighted by atomic mass is 9.85. The number of carbonyl (C=O) groups is 3. The molecule has 2 aromatic carbocycles. The Labute approximate surface area is 282 Å². The van der Waals surface area contributed by atoms with Crippen molar-refractivity contribution in [3.63, 3.8) is 0 Å². The maximum Gasteiger partial charge on any atom is 0.247 e. The number of amides is 3. The number of likely N-dealkylation sites (N-methyl/N-ethyl adjacent to an activating group) is 2. The zero-order valence-corrected chi connectivity index (χ0v) is 29.1. The van der Waals surface area contributed by atoms with Gasteiger partial charge >= 0.3 is 0 Å². The van der Waals surface area contributed by atoms with Crippen LogP contribution in [0, 0.1) is 5.41 Å². The number of fused-ring (bicyclic) bond motifs is 1. The highest BCUT2D eigenvalue weighted by Gasteiger charge is 2.42. The van der Waals surface area contributed by atoms with Crippen LogP contribution in [0.2, 0.25) is 0 Å². The number of hydrogen-bond donors (Lipinski definition) is 4. The third-order valence-corrected chi connectivity index (χ3v) is 9.28. The summed E-state index contributed by atoms with van der Waals surface area (Å²) in [6.07, 6.45) is 2.67. The Morgan fingerprint density at radius 1 is 1.00 bits per heavy atom. The minimum absolute atomic E-state index is 0.274. The summed E-state index contributed by atoms with van der Waals surface area (Å²) in [6, 6.07) is 9.87. The molecule has 0 radical (unpaired) electrons. The molecule has 5 rings (SSSR count). The molecule has 0 aliphatic carbocycles. The Hall–Kier alpha value is -4.49. The molecule has 3 heterocycles. The summed E-state index contributed by atoms with van der Waals surface area (Å²) in [4.78, 5) is 55.8. The van der Waals surface area contributed by atoms with E-state index in [4.69, 9.17) is 4.74 Å². The number of likely N-dealkylation sites (tertiary alicyclic amines) is 1. The zero-order chi connectivity index (χ0) is 34.6. The van der Waals surface area contributed by atoms with Crippen LogP contribution in [0.1, 0.15) is 40.5 Å². The second-order valence-electron chi connectivity index (χ2n) is 13.8. The van der Waals surface area contributed by atoms with Gasteiger partial charge in [0.25, 0.3) is 0 Å². The van der Waals surface area contributed by atoms with E-state index in [-0.39, 0.29) is 17.7 Å². The maximum atomic E-state index is 13.9. The lowest BCUT2D eigenvalue weighted by molar-refractivity contribution is -0.143. The highest BCUT2D eigenvalue weighted by Crippen LogP contribution is 2.34. The predicted molar refractivity (Wildman–Crippen MR) is 189 cm³/mol. The third kappa shape index (κ3) is 7.79. The maximum absolute atomic E-state index is 13.9. The number of ether oxygens (including phenoxy) is 1. The standard InChI is InChI=1S/C35H49N9O4/c1-22(36-5)32(45)41-30(35(2,3)4)34(47)44-14-8-9-28(44)33(46)40-27-19-25-26(20-29(27)48-7)37-21-38-31(25)39-23-10-12-24(13-11-23)43-17-15-42(6)16-18-43/h10-13,19-22,28,30,36H,8-9,14-18H2,1-7H3,(H,40,46)(H,41,45)(H,37,38,39)/t22-,28?,30+/m0/s1. The van der Waals surface area contributed by atoms with Crippen LogP contribution in [0.3, 0.4) is 0 Å². The van der Waals surface area contributed by atoms with Gasteiger partial charge in [0.1, 0.15) is 30.0 Å². The molecule has 48 heavy (non-hydrogen) atoms. The zero-order valence-electron chi connectivity index (χ0n) is 29.1. The molecule has 0 bridgehead atoms. The molecule has 1 aromatic heterocycles. The topological polar surface area (TPSA) is 144 Å². The van der Waals surface area contributed by atoms with Gasteiger partial charge in [0.2, 0.25) is 17.7 Å². The van der Waals surface area contributed by atoms with Crippen molar-refractivity contribution >= 4 is 51.5 Å². The average molecular weight is 660 g/mol. The van der Waals surface area contributed by atoms with Gasteiger partial charge in [-0.05, 0) is 69.6 Å². The Bertz CT molecular complexity index is 1620. The van der Waals surface area contributed by atoms with Crippen LogP contribution < -0.4 is 30.9 Å². The molecule has 2 aliphatic rings. The number of anilines is 4. The number of benzene rings is 2. The Morgan fingerprint density at radius 3 is 2.35 bits per heavy atom. The van der Waals surface area contributed by atoms with Gasteiger partial charge in [-0.25, -0.2) is 9.97 Å². The lowest BCUT2D eigenvalue weighted by Crippen LogP contribution is -2.59. The molecule has 13 nitrogen and oxygen atoms in total. The molecule has 13 heteroatoms. The molecule has 0 saturated carbocycles. The summed E-state index contributed by atoms with van der Waals surface area (Å²) in [5, 5.41) is 12.9. The van der Waals surface area contributed by atoms with Gasteiger partial charge in [-0.1, -0.05) is 20.8 Å². The summed E-state index contributed by atoms with van der Waals surface area (Å²) < 4.78 is 5.65. The molecule has 0 spiro atoms. The fourth-order valence-corrected chi connectivity index (χ4v) is 6.14. The third-order valence-electron chi connectivity index (χ3n) is 9.28. The van der Waals surface area contributed by atoms with Gasteiger partial charge in [0, 0.05) is 55.6 Å². The summed E-state index contributed by atoms with van der Waals surface area (Å²) in [5.74, 6) is 0.147. The first-order valence-corrected chi connectivity index (χ1v) is 16.6. The van der Waals surface area contributed by atoms with Crippen LogP contribution >= 0.6 is 0 Å². The minimum Gasteiger partial charge on any atom is -0.494 e. The van der Waals surface area contributed by atoms with Crippen molar-refractivity contribution in [3.8, 4) is 5.75 Å². The number of methoxy groups -OCH3 is 1. The molecule has 3 amide bonds. The SMILES string of the molecule is CN[C@@H](C)C(=O)N[C@H](C(=O)N1CCCC1C(=O)Nc1cc2c(Nc3ccc(N4CCN(C)CC4)cc3)ncnc2cc1OC)C(C)(C)C. The van der Waals surface area contributed by atoms with Gasteiger partial charge in [0.05, 0.1) is 24.4 Å². The monoisotopic (exact) mass is 659 g/mol. The first kappa shape index (κ1) is 34.8. The second-order valence-corrected chi connectivity index (χ2v) is 13.8. The molecule has 2 fully saturated rings. The highest BCUT2D eigenvalue weighted by molar-refractivity contribution is 6.03. The number of hydrogen-bond acceptors (Lipinski definition) is 10. The van der Waals surface area contributed by atoms with Crippen molar-refractivity contribution in [1.29, 1.82) is 0 Å². The number of nitrogens with one attached hydrogen (secondary N) is 4. The smallest absolute Gasteiger partial charge is 0.247 e. The lowest BCUT2D eigenvalue weighted by Gasteiger charge is -2.36. The normalized spacial score (nSPS) is 18.4. The fourth-order valence-electron chi connectivity index (χ4n) is 6.14. The van der Waals surface area contributed by atoms with Crippen molar-refractivity contribution in [3.05, 3.63) is 42.7 Å². The van der Waals surface area contributed by atoms with Gasteiger partial charge in [-0.3, -0.25) is 14.4 Å². The molecule has 4 N–H and O–H groups in total. The van der Waals surface area contributed by atoms with Gasteiger partial charge in [0.15, 0.2) is 0 Å². The van der Waals surface area contributed by atoms with E-state index in [1.165, 1.54) is 19.1 Å². The van der Waals surface area contributed by atoms with Crippen molar-refractivity contribution in [2.45, 2.75) is 58.7 Å². The number of piperazine rings is 1. The van der Waals surface area contributed by atoms with Crippen LogP contribution in [0.5, 0.6) is 5.75 Å². The Morgan fingerprint density at radius 2 is 1.71 bits per heavy atom. The van der Waals surface area contributed by atoms with Gasteiger partial charge < -0.3 is 40.7 Å².